The van der Waals surface area contributed by atoms with Gasteiger partial charge in [-0.05, 0) is 30.2 Å². The summed E-state index contributed by atoms with van der Waals surface area (Å²) in [5.74, 6) is 0. The number of aliphatic hydroxyl groups excluding tert-OH is 1. The van der Waals surface area contributed by atoms with E-state index in [1.54, 1.807) is 0 Å². The van der Waals surface area contributed by atoms with Gasteiger partial charge in [-0.15, -0.1) is 0 Å². The Morgan fingerprint density at radius 1 is 1.35 bits per heavy atom. The molecule has 1 fully saturated rings. The highest BCUT2D eigenvalue weighted by Gasteiger charge is 2.30. The van der Waals surface area contributed by atoms with Crippen LogP contribution in [0.1, 0.15) is 38.7 Å². The zero-order chi connectivity index (χ0) is 14.4. The summed E-state index contributed by atoms with van der Waals surface area (Å²) in [6.45, 7) is 6.20. The first kappa shape index (κ1) is 15.5. The van der Waals surface area contributed by atoms with E-state index in [0.717, 1.165) is 5.56 Å². The molecule has 0 aliphatic heterocycles. The second-order valence-electron chi connectivity index (χ2n) is 6.67. The fourth-order valence-electron chi connectivity index (χ4n) is 2.86. The minimum atomic E-state index is -0.428. The van der Waals surface area contributed by atoms with Gasteiger partial charge < -0.3 is 15.2 Å². The molecule has 20 heavy (non-hydrogen) atoms. The summed E-state index contributed by atoms with van der Waals surface area (Å²) in [5.41, 5.74) is 1.59. The highest BCUT2D eigenvalue weighted by Crippen LogP contribution is 2.36. The maximum absolute atomic E-state index is 9.93. The van der Waals surface area contributed by atoms with Gasteiger partial charge in [-0.2, -0.15) is 0 Å². The SMILES string of the molecule is CC1(C)CCC(NCC(O)COCc2ccccc2)C1. The van der Waals surface area contributed by atoms with Crippen molar-refractivity contribution in [2.75, 3.05) is 13.2 Å². The minimum absolute atomic E-state index is 0.387. The van der Waals surface area contributed by atoms with Crippen molar-refractivity contribution in [3.8, 4) is 0 Å². The van der Waals surface area contributed by atoms with Crippen LogP contribution in [0.5, 0.6) is 0 Å². The summed E-state index contributed by atoms with van der Waals surface area (Å²) < 4.78 is 5.55. The molecule has 0 saturated heterocycles. The van der Waals surface area contributed by atoms with Crippen LogP contribution in [0.15, 0.2) is 30.3 Å². The van der Waals surface area contributed by atoms with Gasteiger partial charge in [0.05, 0.1) is 19.3 Å². The van der Waals surface area contributed by atoms with Gasteiger partial charge in [0.1, 0.15) is 0 Å². The third-order valence-electron chi connectivity index (χ3n) is 4.03. The van der Waals surface area contributed by atoms with Crippen molar-refractivity contribution in [1.82, 2.24) is 5.32 Å². The maximum atomic E-state index is 9.93. The molecule has 1 aliphatic rings. The Morgan fingerprint density at radius 3 is 2.75 bits per heavy atom. The topological polar surface area (TPSA) is 41.5 Å². The van der Waals surface area contributed by atoms with Crippen LogP contribution >= 0.6 is 0 Å². The Morgan fingerprint density at radius 2 is 2.10 bits per heavy atom. The van der Waals surface area contributed by atoms with E-state index in [9.17, 15) is 5.11 Å². The van der Waals surface area contributed by atoms with Crippen LogP contribution < -0.4 is 5.32 Å². The van der Waals surface area contributed by atoms with Crippen LogP contribution in [-0.2, 0) is 11.3 Å². The molecule has 0 bridgehead atoms. The van der Waals surface area contributed by atoms with Crippen molar-refractivity contribution in [3.05, 3.63) is 35.9 Å². The fourth-order valence-corrected chi connectivity index (χ4v) is 2.86. The summed E-state index contributed by atoms with van der Waals surface area (Å²) in [6.07, 6.45) is 3.25. The molecule has 0 aromatic heterocycles. The molecule has 2 atom stereocenters. The molecule has 3 nitrogen and oxygen atoms in total. The van der Waals surface area contributed by atoms with Gasteiger partial charge in [0.2, 0.25) is 0 Å². The van der Waals surface area contributed by atoms with Crippen LogP contribution in [0.25, 0.3) is 0 Å². The van der Waals surface area contributed by atoms with E-state index >= 15 is 0 Å². The lowest BCUT2D eigenvalue weighted by Gasteiger charge is -2.19. The van der Waals surface area contributed by atoms with Crippen LogP contribution in [0.4, 0.5) is 0 Å². The summed E-state index contributed by atoms with van der Waals surface area (Å²) in [6, 6.07) is 10.6. The summed E-state index contributed by atoms with van der Waals surface area (Å²) in [5, 5.41) is 13.4. The van der Waals surface area contributed by atoms with Gasteiger partial charge in [-0.1, -0.05) is 44.2 Å². The van der Waals surface area contributed by atoms with Gasteiger partial charge in [-0.3, -0.25) is 0 Å². The Bertz CT molecular complexity index is 391. The normalized spacial score (nSPS) is 22.9. The average Bonchev–Trinajstić information content (AvgIpc) is 2.77. The lowest BCUT2D eigenvalue weighted by Crippen LogP contribution is -2.36. The quantitative estimate of drug-likeness (QED) is 0.805. The largest absolute Gasteiger partial charge is 0.389 e. The molecule has 112 valence electrons. The summed E-state index contributed by atoms with van der Waals surface area (Å²) in [4.78, 5) is 0. The van der Waals surface area contributed by atoms with Crippen molar-refractivity contribution in [1.29, 1.82) is 0 Å². The van der Waals surface area contributed by atoms with E-state index in [1.165, 1.54) is 19.3 Å². The number of nitrogens with one attached hydrogen (secondary N) is 1. The van der Waals surface area contributed by atoms with E-state index in [4.69, 9.17) is 4.74 Å². The van der Waals surface area contributed by atoms with Crippen LogP contribution in [0.3, 0.4) is 0 Å². The van der Waals surface area contributed by atoms with E-state index in [0.29, 0.717) is 31.2 Å². The standard InChI is InChI=1S/C17H27NO2/c1-17(2)9-8-15(10-17)18-11-16(19)13-20-12-14-6-4-3-5-7-14/h3-7,15-16,18-19H,8-13H2,1-2H3. The molecule has 1 saturated carbocycles. The van der Waals surface area contributed by atoms with Crippen molar-refractivity contribution in [2.45, 2.75) is 51.9 Å². The molecule has 2 unspecified atom stereocenters. The number of benzene rings is 1. The van der Waals surface area contributed by atoms with Gasteiger partial charge in [0, 0.05) is 12.6 Å². The number of hydrogen-bond acceptors (Lipinski definition) is 3. The molecule has 1 aromatic carbocycles. The minimum Gasteiger partial charge on any atom is -0.389 e. The predicted octanol–water partition coefficient (Wildman–Crippen LogP) is 2.73. The van der Waals surface area contributed by atoms with Crippen molar-refractivity contribution < 1.29 is 9.84 Å². The molecule has 2 N–H and O–H groups in total. The van der Waals surface area contributed by atoms with E-state index in [-0.39, 0.29) is 0 Å². The van der Waals surface area contributed by atoms with Crippen LogP contribution in [-0.4, -0.2) is 30.4 Å². The lowest BCUT2D eigenvalue weighted by molar-refractivity contribution is 0.0275. The Labute approximate surface area is 122 Å². The van der Waals surface area contributed by atoms with Gasteiger partial charge in [0.15, 0.2) is 0 Å². The summed E-state index contributed by atoms with van der Waals surface area (Å²) >= 11 is 0. The molecular formula is C17H27NO2. The van der Waals surface area contributed by atoms with Crippen molar-refractivity contribution in [2.24, 2.45) is 5.41 Å². The molecule has 0 radical (unpaired) electrons. The average molecular weight is 277 g/mol. The molecule has 1 aliphatic carbocycles. The number of aliphatic hydroxyl groups is 1. The molecule has 2 rings (SSSR count). The third-order valence-corrected chi connectivity index (χ3v) is 4.03. The lowest BCUT2D eigenvalue weighted by atomic mass is 9.92. The monoisotopic (exact) mass is 277 g/mol. The molecule has 1 aromatic rings. The first-order valence-corrected chi connectivity index (χ1v) is 7.58. The van der Waals surface area contributed by atoms with E-state index < -0.39 is 6.10 Å². The first-order valence-electron chi connectivity index (χ1n) is 7.58. The Balaban J connectivity index is 1.58. The van der Waals surface area contributed by atoms with Gasteiger partial charge in [0.25, 0.3) is 0 Å². The third kappa shape index (κ3) is 5.23. The molecule has 3 heteroatoms. The first-order chi connectivity index (χ1) is 9.55. The highest BCUT2D eigenvalue weighted by molar-refractivity contribution is 5.13. The number of hydrogen-bond donors (Lipinski definition) is 2. The van der Waals surface area contributed by atoms with Gasteiger partial charge in [-0.25, -0.2) is 0 Å². The second-order valence-corrected chi connectivity index (χ2v) is 6.67. The molecule has 0 spiro atoms. The van der Waals surface area contributed by atoms with Crippen molar-refractivity contribution in [3.63, 3.8) is 0 Å². The number of rotatable bonds is 7. The number of ether oxygens (including phenoxy) is 1. The zero-order valence-corrected chi connectivity index (χ0v) is 12.6. The molecule has 0 amide bonds. The highest BCUT2D eigenvalue weighted by atomic mass is 16.5. The zero-order valence-electron chi connectivity index (χ0n) is 12.6. The molecular weight excluding hydrogens is 250 g/mol. The van der Waals surface area contributed by atoms with E-state index in [2.05, 4.69) is 19.2 Å². The predicted molar refractivity (Wildman–Crippen MR) is 81.5 cm³/mol. The van der Waals surface area contributed by atoms with Crippen molar-refractivity contribution >= 4 is 0 Å². The second kappa shape index (κ2) is 7.21. The fraction of sp³-hybridized carbons (Fsp3) is 0.647. The van der Waals surface area contributed by atoms with Gasteiger partial charge >= 0.3 is 0 Å². The Hall–Kier alpha value is -0.900. The Kier molecular flexibility index (Phi) is 5.58. The smallest absolute Gasteiger partial charge is 0.0897 e. The van der Waals surface area contributed by atoms with E-state index in [1.807, 2.05) is 30.3 Å². The van der Waals surface area contributed by atoms with Crippen LogP contribution in [0, 0.1) is 5.41 Å². The summed E-state index contributed by atoms with van der Waals surface area (Å²) in [7, 11) is 0. The van der Waals surface area contributed by atoms with Crippen LogP contribution in [0.2, 0.25) is 0 Å². The molecule has 0 heterocycles. The maximum Gasteiger partial charge on any atom is 0.0897 e.